The van der Waals surface area contributed by atoms with E-state index in [4.69, 9.17) is 10.2 Å². The number of fused-ring (bicyclic) bond motifs is 2. The maximum atomic E-state index is 13.0. The van der Waals surface area contributed by atoms with Gasteiger partial charge in [0.05, 0.1) is 5.92 Å². The number of aryl methyl sites for hydroxylation is 1. The molecule has 3 heterocycles. The highest BCUT2D eigenvalue weighted by atomic mass is 19.4. The van der Waals surface area contributed by atoms with E-state index >= 15 is 0 Å². The van der Waals surface area contributed by atoms with Crippen molar-refractivity contribution < 1.29 is 22.4 Å². The Morgan fingerprint density at radius 2 is 2.15 bits per heavy atom. The molecule has 4 rings (SSSR count). The van der Waals surface area contributed by atoms with E-state index < -0.39 is 29.7 Å². The highest BCUT2D eigenvalue weighted by Crippen LogP contribution is 2.58. The Labute approximate surface area is 112 Å². The van der Waals surface area contributed by atoms with Crippen molar-refractivity contribution in [1.82, 2.24) is 15.1 Å². The number of urea groups is 1. The first-order valence-electron chi connectivity index (χ1n) is 6.20. The SMILES string of the molecule is Cc1nnc([C@@]23CC(C[C@H](C(F)(F)F)C2)N3C(N)=O)o1. The molecule has 1 aromatic rings. The summed E-state index contributed by atoms with van der Waals surface area (Å²) in [5.74, 6) is -1.19. The fraction of sp³-hybridized carbons (Fsp3) is 0.727. The topological polar surface area (TPSA) is 85.3 Å². The van der Waals surface area contributed by atoms with Gasteiger partial charge in [0.1, 0.15) is 5.54 Å². The Hall–Kier alpha value is -1.80. The summed E-state index contributed by atoms with van der Waals surface area (Å²) in [7, 11) is 0. The third-order valence-electron chi connectivity index (χ3n) is 4.16. The Morgan fingerprint density at radius 3 is 2.65 bits per heavy atom. The van der Waals surface area contributed by atoms with E-state index in [2.05, 4.69) is 10.2 Å². The van der Waals surface area contributed by atoms with E-state index in [1.165, 1.54) is 4.90 Å². The normalized spacial score (nSPS) is 32.9. The molecule has 2 amide bonds. The third-order valence-corrected chi connectivity index (χ3v) is 4.16. The van der Waals surface area contributed by atoms with E-state index in [0.717, 1.165) is 0 Å². The molecule has 1 aliphatic carbocycles. The lowest BCUT2D eigenvalue weighted by Crippen LogP contribution is -2.71. The summed E-state index contributed by atoms with van der Waals surface area (Å²) < 4.78 is 44.1. The Morgan fingerprint density at radius 1 is 1.45 bits per heavy atom. The van der Waals surface area contributed by atoms with Crippen LogP contribution in [0, 0.1) is 12.8 Å². The molecular weight excluding hydrogens is 277 g/mol. The molecule has 2 bridgehead atoms. The molecular formula is C11H13F3N4O2. The molecule has 2 saturated heterocycles. The monoisotopic (exact) mass is 290 g/mol. The number of piperidine rings is 1. The number of nitrogens with two attached hydrogens (primary N) is 1. The van der Waals surface area contributed by atoms with Crippen LogP contribution < -0.4 is 5.73 Å². The molecule has 1 unspecified atom stereocenters. The van der Waals surface area contributed by atoms with E-state index in [0.29, 0.717) is 6.42 Å². The van der Waals surface area contributed by atoms with Crippen LogP contribution in [0.5, 0.6) is 0 Å². The van der Waals surface area contributed by atoms with Crippen LogP contribution in [0.1, 0.15) is 31.0 Å². The van der Waals surface area contributed by atoms with Crippen molar-refractivity contribution in [2.24, 2.45) is 11.7 Å². The average molecular weight is 290 g/mol. The quantitative estimate of drug-likeness (QED) is 0.853. The summed E-state index contributed by atoms with van der Waals surface area (Å²) >= 11 is 0. The number of hydrogen-bond acceptors (Lipinski definition) is 4. The van der Waals surface area contributed by atoms with E-state index in [9.17, 15) is 18.0 Å². The van der Waals surface area contributed by atoms with Gasteiger partial charge in [0.25, 0.3) is 0 Å². The van der Waals surface area contributed by atoms with Gasteiger partial charge in [0, 0.05) is 19.4 Å². The maximum Gasteiger partial charge on any atom is 0.392 e. The predicted octanol–water partition coefficient (Wildman–Crippen LogP) is 1.70. The first-order chi connectivity index (χ1) is 9.24. The molecule has 9 heteroatoms. The molecule has 1 aromatic heterocycles. The number of carbonyl (C=O) groups excluding carboxylic acids is 1. The molecule has 3 atom stereocenters. The summed E-state index contributed by atoms with van der Waals surface area (Å²) in [6, 6.07) is -1.27. The van der Waals surface area contributed by atoms with Crippen LogP contribution in [-0.4, -0.2) is 33.3 Å². The fourth-order valence-corrected chi connectivity index (χ4v) is 3.41. The van der Waals surface area contributed by atoms with Gasteiger partial charge in [-0.05, 0) is 12.8 Å². The van der Waals surface area contributed by atoms with Crippen LogP contribution in [0.2, 0.25) is 0 Å². The molecule has 0 radical (unpaired) electrons. The van der Waals surface area contributed by atoms with Crippen LogP contribution in [0.15, 0.2) is 4.42 Å². The number of amides is 2. The second-order valence-electron chi connectivity index (χ2n) is 5.40. The summed E-state index contributed by atoms with van der Waals surface area (Å²) in [5, 5.41) is 7.43. The largest absolute Gasteiger partial charge is 0.423 e. The van der Waals surface area contributed by atoms with Crippen molar-refractivity contribution in [2.45, 2.75) is 43.9 Å². The highest BCUT2D eigenvalue weighted by molar-refractivity contribution is 5.75. The zero-order valence-electron chi connectivity index (χ0n) is 10.6. The number of carbonyl (C=O) groups is 1. The molecule has 2 aliphatic heterocycles. The van der Waals surface area contributed by atoms with Crippen molar-refractivity contribution in [2.75, 3.05) is 0 Å². The van der Waals surface area contributed by atoms with Crippen LogP contribution in [0.25, 0.3) is 0 Å². The Kier molecular flexibility index (Phi) is 2.55. The van der Waals surface area contributed by atoms with Gasteiger partial charge < -0.3 is 15.1 Å². The molecule has 2 N–H and O–H groups in total. The van der Waals surface area contributed by atoms with Crippen molar-refractivity contribution in [3.63, 3.8) is 0 Å². The molecule has 0 spiro atoms. The van der Waals surface area contributed by atoms with Crippen LogP contribution in [0.3, 0.4) is 0 Å². The van der Waals surface area contributed by atoms with Crippen molar-refractivity contribution in [1.29, 1.82) is 0 Å². The number of alkyl halides is 3. The molecule has 6 nitrogen and oxygen atoms in total. The molecule has 3 fully saturated rings. The minimum absolute atomic E-state index is 0.0407. The standard InChI is InChI=1S/C11H13F3N4O2/c1-5-16-17-8(20-5)10-3-6(11(12,13)14)2-7(4-10)18(10)9(15)19/h6-7H,2-4H2,1H3,(H2,15,19)/t6-,7?,10-/m0/s1. The minimum Gasteiger partial charge on any atom is -0.423 e. The van der Waals surface area contributed by atoms with Gasteiger partial charge in [-0.2, -0.15) is 13.2 Å². The Balaban J connectivity index is 1.98. The first-order valence-corrected chi connectivity index (χ1v) is 6.20. The zero-order chi connectivity index (χ0) is 14.7. The number of aromatic nitrogens is 2. The number of hydrogen-bond donors (Lipinski definition) is 1. The number of rotatable bonds is 1. The molecule has 1 saturated carbocycles. The van der Waals surface area contributed by atoms with Gasteiger partial charge in [-0.1, -0.05) is 0 Å². The zero-order valence-corrected chi connectivity index (χ0v) is 10.6. The van der Waals surface area contributed by atoms with Crippen LogP contribution >= 0.6 is 0 Å². The molecule has 0 aromatic carbocycles. The summed E-state index contributed by atoms with van der Waals surface area (Å²) in [6.45, 7) is 1.54. The molecule has 3 aliphatic rings. The van der Waals surface area contributed by atoms with Gasteiger partial charge in [0.15, 0.2) is 0 Å². The number of halogens is 3. The van der Waals surface area contributed by atoms with Crippen molar-refractivity contribution >= 4 is 6.03 Å². The first kappa shape index (κ1) is 13.2. The van der Waals surface area contributed by atoms with Gasteiger partial charge in [0.2, 0.25) is 11.8 Å². The summed E-state index contributed by atoms with van der Waals surface area (Å²) in [5.41, 5.74) is 4.09. The number of nitrogens with zero attached hydrogens (tertiary/aromatic N) is 3. The molecule has 110 valence electrons. The second-order valence-corrected chi connectivity index (χ2v) is 5.40. The van der Waals surface area contributed by atoms with E-state index in [1.54, 1.807) is 6.92 Å². The third kappa shape index (κ3) is 1.68. The average Bonchev–Trinajstić information content (AvgIpc) is 2.73. The van der Waals surface area contributed by atoms with E-state index in [-0.39, 0.29) is 24.6 Å². The summed E-state index contributed by atoms with van der Waals surface area (Å²) in [4.78, 5) is 12.8. The van der Waals surface area contributed by atoms with Gasteiger partial charge in [-0.3, -0.25) is 0 Å². The van der Waals surface area contributed by atoms with Gasteiger partial charge in [-0.25, -0.2) is 4.79 Å². The van der Waals surface area contributed by atoms with E-state index in [1.807, 2.05) is 0 Å². The Bertz CT molecular complexity index is 558. The lowest BCUT2D eigenvalue weighted by atomic mass is 9.63. The fourth-order valence-electron chi connectivity index (χ4n) is 3.41. The second kappa shape index (κ2) is 3.86. The van der Waals surface area contributed by atoms with Gasteiger partial charge >= 0.3 is 12.2 Å². The van der Waals surface area contributed by atoms with Crippen LogP contribution in [0.4, 0.5) is 18.0 Å². The van der Waals surface area contributed by atoms with Gasteiger partial charge in [-0.15, -0.1) is 10.2 Å². The van der Waals surface area contributed by atoms with Crippen molar-refractivity contribution in [3.8, 4) is 0 Å². The lowest BCUT2D eigenvalue weighted by molar-refractivity contribution is -0.230. The predicted molar refractivity (Wildman–Crippen MR) is 59.3 cm³/mol. The lowest BCUT2D eigenvalue weighted by Gasteiger charge is -2.61. The minimum atomic E-state index is -4.30. The summed E-state index contributed by atoms with van der Waals surface area (Å²) in [6.07, 6.45) is -4.33. The van der Waals surface area contributed by atoms with Crippen LogP contribution in [-0.2, 0) is 5.54 Å². The highest BCUT2D eigenvalue weighted by Gasteiger charge is 2.66. The smallest absolute Gasteiger partial charge is 0.392 e. The maximum absolute atomic E-state index is 13.0. The number of primary amides is 1. The molecule has 20 heavy (non-hydrogen) atoms. The van der Waals surface area contributed by atoms with Crippen molar-refractivity contribution in [3.05, 3.63) is 11.8 Å².